The Morgan fingerprint density at radius 1 is 0.597 bits per heavy atom. The minimum absolute atomic E-state index is 0.385. The predicted octanol–water partition coefficient (Wildman–Crippen LogP) is 1.73. The molecular weight excluding hydrogens is 818 g/mol. The lowest BCUT2D eigenvalue weighted by Crippen LogP contribution is -2.60. The van der Waals surface area contributed by atoms with Crippen molar-refractivity contribution in [2.45, 2.75) is 104 Å². The Hall–Kier alpha value is -6.47. The summed E-state index contributed by atoms with van der Waals surface area (Å²) in [6, 6.07) is 2.27. The van der Waals surface area contributed by atoms with Crippen LogP contribution in [0.5, 0.6) is 5.75 Å². The van der Waals surface area contributed by atoms with E-state index in [2.05, 4.69) is 36.6 Å². The molecule has 6 N–H and O–H groups in total. The van der Waals surface area contributed by atoms with Gasteiger partial charge in [-0.15, -0.1) is 0 Å². The summed E-state index contributed by atoms with van der Waals surface area (Å²) in [7, 11) is 2.07. The van der Waals surface area contributed by atoms with Crippen LogP contribution in [0.25, 0.3) is 0 Å². The van der Waals surface area contributed by atoms with Gasteiger partial charge in [0.2, 0.25) is 23.6 Å². The highest BCUT2D eigenvalue weighted by Gasteiger charge is 2.35. The van der Waals surface area contributed by atoms with Crippen LogP contribution >= 0.6 is 0 Å². The van der Waals surface area contributed by atoms with Crippen molar-refractivity contribution in [1.29, 1.82) is 0 Å². The lowest BCUT2D eigenvalue weighted by Gasteiger charge is -2.28. The van der Waals surface area contributed by atoms with E-state index in [4.69, 9.17) is 9.47 Å². The fourth-order valence-electron chi connectivity index (χ4n) is 5.70. The molecule has 0 saturated carbocycles. The number of Topliss-reactive ketones (excluding diaryl/α,β-unsaturated/α-hetero) is 1. The van der Waals surface area contributed by atoms with Crippen LogP contribution in [0.2, 0.25) is 0 Å². The Bertz CT molecular complexity index is 1970. The average Bonchev–Trinajstić information content (AvgIpc) is 3.19. The van der Waals surface area contributed by atoms with Crippen molar-refractivity contribution in [2.75, 3.05) is 26.1 Å². The molecule has 0 radical (unpaired) electrons. The lowest BCUT2D eigenvalue weighted by atomic mass is 9.86. The van der Waals surface area contributed by atoms with E-state index in [0.717, 1.165) is 38.0 Å². The highest BCUT2D eigenvalue weighted by atomic mass is 19.1. The molecule has 0 spiro atoms. The molecule has 0 saturated heterocycles. The van der Waals surface area contributed by atoms with Crippen LogP contribution in [0, 0.1) is 23.5 Å². The number of nitrogens with one attached hydrogen (secondary N) is 6. The van der Waals surface area contributed by atoms with E-state index in [1.807, 2.05) is 20.8 Å². The number of benzene rings is 2. The molecule has 18 nitrogen and oxygen atoms in total. The zero-order valence-corrected chi connectivity index (χ0v) is 36.4. The molecule has 340 valence electrons. The maximum absolute atomic E-state index is 14.0. The summed E-state index contributed by atoms with van der Waals surface area (Å²) in [5.74, 6) is -13.3. The van der Waals surface area contributed by atoms with Crippen molar-refractivity contribution in [3.63, 3.8) is 0 Å². The number of rotatable bonds is 20. The molecule has 20 heteroatoms. The van der Waals surface area contributed by atoms with Crippen LogP contribution in [-0.2, 0) is 58.0 Å². The summed E-state index contributed by atoms with van der Waals surface area (Å²) in [5.41, 5.74) is 0.756. The van der Waals surface area contributed by atoms with Gasteiger partial charge in [0.05, 0.1) is 27.1 Å². The molecule has 2 aromatic rings. The van der Waals surface area contributed by atoms with E-state index in [1.165, 1.54) is 6.92 Å². The third-order valence-electron chi connectivity index (χ3n) is 9.24. The molecule has 5 atom stereocenters. The number of hydrogen-bond acceptors (Lipinski definition) is 12. The fraction of sp³-hybridized carbons (Fsp3) is 0.500. The van der Waals surface area contributed by atoms with Crippen molar-refractivity contribution in [2.24, 2.45) is 11.8 Å². The summed E-state index contributed by atoms with van der Waals surface area (Å²) < 4.78 is 42.4. The standard InChI is InChI=1S/C42H56F2N6O12/c1-21(2)33(38(56)45-23(5)36(54)47-28(18-31(52)60-9)30(51)20-62-35-25(43)15-13-16-26(35)44)49-37(55)29(19-32(53)61-10)48-39(57)34(22(3)4)50-41(59)40(58)46-27-17-12-11-14-24(27)42(6,7)8/h11-17,21-23,28-29,33-34H,18-20H2,1-10H3,(H,45,56)(H,46,58)(H,47,54)(H,48,57)(H,49,55)(H,50,59). The van der Waals surface area contributed by atoms with Crippen LogP contribution in [0.1, 0.15) is 73.8 Å². The first-order chi connectivity index (χ1) is 28.9. The second-order valence-corrected chi connectivity index (χ2v) is 15.9. The minimum Gasteiger partial charge on any atom is -0.480 e. The SMILES string of the molecule is COC(=O)CC(NC(=O)C(C)NC(=O)C(NC(=O)C(CC(=O)OC)NC(=O)C(NC(=O)C(=O)Nc1ccccc1C(C)(C)C)C(C)C)C(C)C)C(=O)COc1c(F)cccc1F. The Kier molecular flexibility index (Phi) is 19.6. The van der Waals surface area contributed by atoms with Gasteiger partial charge in [0.15, 0.2) is 23.2 Å². The monoisotopic (exact) mass is 874 g/mol. The molecule has 0 aromatic heterocycles. The Morgan fingerprint density at radius 3 is 1.63 bits per heavy atom. The Labute approximate surface area is 358 Å². The van der Waals surface area contributed by atoms with Crippen molar-refractivity contribution in [3.8, 4) is 5.75 Å². The van der Waals surface area contributed by atoms with Gasteiger partial charge in [-0.25, -0.2) is 8.78 Å². The number of carbonyl (C=O) groups excluding carboxylic acids is 9. The second-order valence-electron chi connectivity index (χ2n) is 15.9. The van der Waals surface area contributed by atoms with E-state index in [9.17, 15) is 51.9 Å². The van der Waals surface area contributed by atoms with Gasteiger partial charge < -0.3 is 46.1 Å². The zero-order valence-electron chi connectivity index (χ0n) is 36.4. The van der Waals surface area contributed by atoms with Crippen LogP contribution < -0.4 is 36.6 Å². The van der Waals surface area contributed by atoms with Gasteiger partial charge in [0.25, 0.3) is 0 Å². The van der Waals surface area contributed by atoms with Gasteiger partial charge >= 0.3 is 23.8 Å². The van der Waals surface area contributed by atoms with Gasteiger partial charge in [0, 0.05) is 5.69 Å². The number of para-hydroxylation sites is 2. The van der Waals surface area contributed by atoms with Crippen molar-refractivity contribution < 1.29 is 66.1 Å². The summed E-state index contributed by atoms with van der Waals surface area (Å²) in [6.07, 6.45) is -1.42. The first-order valence-corrected chi connectivity index (χ1v) is 19.6. The Balaban J connectivity index is 2.20. The summed E-state index contributed by atoms with van der Waals surface area (Å²) >= 11 is 0. The topological polar surface area (TPSA) is 253 Å². The second kappa shape index (κ2) is 23.5. The van der Waals surface area contributed by atoms with Crippen molar-refractivity contribution in [1.82, 2.24) is 26.6 Å². The number of carbonyl (C=O) groups is 9. The van der Waals surface area contributed by atoms with Crippen LogP contribution in [0.3, 0.4) is 0 Å². The maximum Gasteiger partial charge on any atom is 0.313 e. The quantitative estimate of drug-likeness (QED) is 0.0822. The van der Waals surface area contributed by atoms with Crippen molar-refractivity contribution in [3.05, 3.63) is 59.7 Å². The van der Waals surface area contributed by atoms with Gasteiger partial charge in [0.1, 0.15) is 36.8 Å². The number of hydrogen-bond donors (Lipinski definition) is 6. The molecule has 0 aliphatic carbocycles. The number of anilines is 1. The normalized spacial score (nSPS) is 13.6. The molecule has 0 aliphatic rings. The minimum atomic E-state index is -1.67. The number of halogens is 2. The van der Waals surface area contributed by atoms with Gasteiger partial charge in [-0.05, 0) is 47.9 Å². The highest BCUT2D eigenvalue weighted by Crippen LogP contribution is 2.29. The molecule has 62 heavy (non-hydrogen) atoms. The van der Waals surface area contributed by atoms with E-state index in [-0.39, 0.29) is 5.41 Å². The molecule has 0 fully saturated rings. The average molecular weight is 875 g/mol. The van der Waals surface area contributed by atoms with Crippen LogP contribution in [0.15, 0.2) is 42.5 Å². The Morgan fingerprint density at radius 2 is 1.10 bits per heavy atom. The summed E-state index contributed by atoms with van der Waals surface area (Å²) in [5, 5.41) is 14.4. The van der Waals surface area contributed by atoms with Gasteiger partial charge in [-0.3, -0.25) is 43.2 Å². The summed E-state index contributed by atoms with van der Waals surface area (Å²) in [4.78, 5) is 117. The maximum atomic E-state index is 14.0. The van der Waals surface area contributed by atoms with Gasteiger partial charge in [-0.2, -0.15) is 0 Å². The third kappa shape index (κ3) is 15.5. The number of esters is 2. The fourth-order valence-corrected chi connectivity index (χ4v) is 5.70. The van der Waals surface area contributed by atoms with Crippen LogP contribution in [0.4, 0.5) is 14.5 Å². The number of ether oxygens (including phenoxy) is 3. The highest BCUT2D eigenvalue weighted by molar-refractivity contribution is 6.40. The van der Waals surface area contributed by atoms with Crippen LogP contribution in [-0.4, -0.2) is 104 Å². The largest absolute Gasteiger partial charge is 0.480 e. The van der Waals surface area contributed by atoms with E-state index >= 15 is 0 Å². The first-order valence-electron chi connectivity index (χ1n) is 19.6. The van der Waals surface area contributed by atoms with E-state index in [0.29, 0.717) is 5.69 Å². The molecule has 0 aliphatic heterocycles. The lowest BCUT2D eigenvalue weighted by molar-refractivity contribution is -0.145. The molecule has 6 amide bonds. The number of methoxy groups -OCH3 is 2. The first kappa shape index (κ1) is 51.7. The summed E-state index contributed by atoms with van der Waals surface area (Å²) in [6.45, 7) is 12.3. The predicted molar refractivity (Wildman–Crippen MR) is 219 cm³/mol. The van der Waals surface area contributed by atoms with E-state index in [1.54, 1.807) is 52.0 Å². The third-order valence-corrected chi connectivity index (χ3v) is 9.24. The number of amides is 6. The van der Waals surface area contributed by atoms with Gasteiger partial charge in [-0.1, -0.05) is 72.7 Å². The molecule has 5 unspecified atom stereocenters. The molecule has 0 bridgehead atoms. The van der Waals surface area contributed by atoms with E-state index < -0.39 is 132 Å². The smallest absolute Gasteiger partial charge is 0.313 e. The molecule has 0 heterocycles. The van der Waals surface area contributed by atoms with Crippen molar-refractivity contribution >= 4 is 58.9 Å². The molecule has 2 aromatic carbocycles. The zero-order chi connectivity index (χ0) is 47.1. The number of ketones is 1. The molecule has 2 rings (SSSR count). The molecular formula is C42H56F2N6O12.